The zero-order valence-electron chi connectivity index (χ0n) is 14.4. The van der Waals surface area contributed by atoms with E-state index in [0.29, 0.717) is 12.3 Å². The number of fused-ring (bicyclic) bond motifs is 1. The second kappa shape index (κ2) is 5.86. The summed E-state index contributed by atoms with van der Waals surface area (Å²) in [6.07, 6.45) is -1.53. The van der Waals surface area contributed by atoms with Crippen LogP contribution in [0.25, 0.3) is 0 Å². The molecule has 1 amide bonds. The Bertz CT molecular complexity index is 752. The third-order valence-electron chi connectivity index (χ3n) is 4.73. The summed E-state index contributed by atoms with van der Waals surface area (Å²) in [6, 6.07) is 7.96. The van der Waals surface area contributed by atoms with E-state index in [2.05, 4.69) is 37.8 Å². The fraction of sp³-hybridized carbons (Fsp3) is 0.474. The summed E-state index contributed by atoms with van der Waals surface area (Å²) in [6.45, 7) is 8.81. The van der Waals surface area contributed by atoms with E-state index in [0.717, 1.165) is 11.1 Å². The van der Waals surface area contributed by atoms with Crippen molar-refractivity contribution in [3.63, 3.8) is 0 Å². The van der Waals surface area contributed by atoms with E-state index >= 15 is 0 Å². The van der Waals surface area contributed by atoms with E-state index in [1.54, 1.807) is 0 Å². The Kier molecular flexibility index (Phi) is 4.00. The molecule has 2 aliphatic heterocycles. The topological polar surface area (TPSA) is 62.1 Å². The van der Waals surface area contributed by atoms with Gasteiger partial charge < -0.3 is 9.94 Å². The van der Waals surface area contributed by atoms with Gasteiger partial charge in [0.2, 0.25) is 6.23 Å². The van der Waals surface area contributed by atoms with Crippen molar-refractivity contribution in [3.8, 4) is 11.8 Å². The van der Waals surface area contributed by atoms with Gasteiger partial charge in [-0.25, -0.2) is 4.79 Å². The fourth-order valence-corrected chi connectivity index (χ4v) is 3.41. The molecule has 0 saturated carbocycles. The minimum absolute atomic E-state index is 0.0629. The van der Waals surface area contributed by atoms with E-state index in [4.69, 9.17) is 4.84 Å². The molecule has 5 heteroatoms. The van der Waals surface area contributed by atoms with Crippen molar-refractivity contribution < 1.29 is 14.7 Å². The van der Waals surface area contributed by atoms with Crippen LogP contribution in [0.2, 0.25) is 0 Å². The number of hydrogen-bond donors (Lipinski definition) is 1. The molecule has 1 N–H and O–H groups in total. The van der Waals surface area contributed by atoms with Crippen molar-refractivity contribution in [1.82, 2.24) is 4.90 Å². The Hall–Kier alpha value is -2.48. The third-order valence-corrected chi connectivity index (χ3v) is 4.73. The van der Waals surface area contributed by atoms with Crippen molar-refractivity contribution >= 4 is 11.8 Å². The lowest BCUT2D eigenvalue weighted by atomic mass is 9.73. The molecule has 2 heterocycles. The molecule has 1 saturated heterocycles. The monoisotopic (exact) mass is 326 g/mol. The first-order chi connectivity index (χ1) is 11.3. The van der Waals surface area contributed by atoms with Gasteiger partial charge in [-0.15, -0.1) is 0 Å². The van der Waals surface area contributed by atoms with Crippen LogP contribution in [0.15, 0.2) is 29.4 Å². The van der Waals surface area contributed by atoms with Gasteiger partial charge in [-0.2, -0.15) is 0 Å². The molecule has 1 aromatic rings. The molecule has 0 aromatic heterocycles. The molecule has 24 heavy (non-hydrogen) atoms. The molecule has 2 aliphatic rings. The molecule has 0 aliphatic carbocycles. The number of benzene rings is 1. The van der Waals surface area contributed by atoms with E-state index in [9.17, 15) is 9.90 Å². The molecule has 1 aromatic carbocycles. The van der Waals surface area contributed by atoms with E-state index in [1.165, 1.54) is 4.90 Å². The minimum Gasteiger partial charge on any atom is -0.465 e. The largest absolute Gasteiger partial charge is 0.465 e. The van der Waals surface area contributed by atoms with Crippen LogP contribution in [0, 0.1) is 36.0 Å². The van der Waals surface area contributed by atoms with Gasteiger partial charge in [-0.05, 0) is 41.9 Å². The molecule has 0 bridgehead atoms. The molecule has 0 spiro atoms. The van der Waals surface area contributed by atoms with Gasteiger partial charge >= 0.3 is 6.09 Å². The Balaban J connectivity index is 1.90. The number of carbonyl (C=O) groups is 1. The number of nitrogens with zero attached hydrogens (tertiary/aromatic N) is 2. The molecule has 3 atom stereocenters. The van der Waals surface area contributed by atoms with Gasteiger partial charge in [0.05, 0.1) is 5.92 Å². The molecule has 3 unspecified atom stereocenters. The summed E-state index contributed by atoms with van der Waals surface area (Å²) in [5.74, 6) is 6.25. The van der Waals surface area contributed by atoms with Crippen LogP contribution in [-0.2, 0) is 4.84 Å². The Labute approximate surface area is 142 Å². The molecule has 5 nitrogen and oxygen atoms in total. The zero-order valence-corrected chi connectivity index (χ0v) is 14.4. The summed E-state index contributed by atoms with van der Waals surface area (Å²) in [7, 11) is 0. The highest BCUT2D eigenvalue weighted by atomic mass is 16.7. The maximum absolute atomic E-state index is 11.5. The maximum Gasteiger partial charge on any atom is 0.410 e. The lowest BCUT2D eigenvalue weighted by Gasteiger charge is -2.29. The molecular formula is C19H22N2O3. The quantitative estimate of drug-likeness (QED) is 0.744. The van der Waals surface area contributed by atoms with Crippen LogP contribution < -0.4 is 0 Å². The van der Waals surface area contributed by atoms with Crippen LogP contribution in [0.5, 0.6) is 0 Å². The maximum atomic E-state index is 11.5. The minimum atomic E-state index is -0.972. The molecule has 0 radical (unpaired) electrons. The van der Waals surface area contributed by atoms with Crippen molar-refractivity contribution in [2.75, 3.05) is 6.54 Å². The number of amides is 1. The normalized spacial score (nSPS) is 25.4. The summed E-state index contributed by atoms with van der Waals surface area (Å²) in [4.78, 5) is 18.3. The number of hydrogen-bond acceptors (Lipinski definition) is 3. The van der Waals surface area contributed by atoms with E-state index in [-0.39, 0.29) is 17.3 Å². The van der Waals surface area contributed by atoms with E-state index < -0.39 is 12.3 Å². The first-order valence-electron chi connectivity index (χ1n) is 8.09. The summed E-state index contributed by atoms with van der Waals surface area (Å²) in [5.41, 5.74) is 2.65. The zero-order chi connectivity index (χ0) is 17.5. The first kappa shape index (κ1) is 16.4. The third kappa shape index (κ3) is 2.96. The number of likely N-dealkylation sites (tertiary alicyclic amines) is 1. The fourth-order valence-electron chi connectivity index (χ4n) is 3.41. The molecule has 3 rings (SSSR count). The van der Waals surface area contributed by atoms with Gasteiger partial charge in [0.1, 0.15) is 5.71 Å². The van der Waals surface area contributed by atoms with Crippen molar-refractivity contribution in [2.24, 2.45) is 22.4 Å². The highest BCUT2D eigenvalue weighted by molar-refractivity contribution is 6.04. The van der Waals surface area contributed by atoms with Crippen LogP contribution in [-0.4, -0.2) is 34.6 Å². The SMILES string of the molecule is Cc1cccc(C#CC2=NOC3C2C(C(C)(C)C)CN3C(=O)O)c1. The average Bonchev–Trinajstić information content (AvgIpc) is 3.04. The smallest absolute Gasteiger partial charge is 0.410 e. The molecule has 126 valence electrons. The van der Waals surface area contributed by atoms with Crippen LogP contribution in [0.3, 0.4) is 0 Å². The second-order valence-corrected chi connectivity index (χ2v) is 7.53. The summed E-state index contributed by atoms with van der Waals surface area (Å²) in [5, 5.41) is 13.5. The number of carboxylic acid groups (broad SMARTS) is 1. The average molecular weight is 326 g/mol. The van der Waals surface area contributed by atoms with Gasteiger partial charge in [-0.1, -0.05) is 44.0 Å². The Morgan fingerprint density at radius 3 is 2.75 bits per heavy atom. The lowest BCUT2D eigenvalue weighted by Crippen LogP contribution is -2.36. The van der Waals surface area contributed by atoms with Gasteiger partial charge in [0, 0.05) is 12.1 Å². The van der Waals surface area contributed by atoms with Crippen molar-refractivity contribution in [2.45, 2.75) is 33.9 Å². The predicted octanol–water partition coefficient (Wildman–Crippen LogP) is 3.33. The van der Waals surface area contributed by atoms with Crippen LogP contribution in [0.4, 0.5) is 4.79 Å². The Morgan fingerprint density at radius 1 is 1.38 bits per heavy atom. The van der Waals surface area contributed by atoms with Gasteiger partial charge in [0.15, 0.2) is 0 Å². The highest BCUT2D eigenvalue weighted by Gasteiger charge is 2.54. The summed E-state index contributed by atoms with van der Waals surface area (Å²) < 4.78 is 0. The van der Waals surface area contributed by atoms with Crippen LogP contribution in [0.1, 0.15) is 31.9 Å². The highest BCUT2D eigenvalue weighted by Crippen LogP contribution is 2.44. The number of rotatable bonds is 0. The number of oxime groups is 1. The summed E-state index contributed by atoms with van der Waals surface area (Å²) >= 11 is 0. The standard InChI is InChI=1S/C19H22N2O3/c1-12-6-5-7-13(10-12)8-9-15-16-14(19(2,3)4)11-21(18(22)23)17(16)24-20-15/h5-7,10,14,16-17H,11H2,1-4H3,(H,22,23). The van der Waals surface area contributed by atoms with Gasteiger partial charge in [0.25, 0.3) is 0 Å². The molecular weight excluding hydrogens is 304 g/mol. The first-order valence-corrected chi connectivity index (χ1v) is 8.09. The molecule has 1 fully saturated rings. The van der Waals surface area contributed by atoms with Crippen molar-refractivity contribution in [3.05, 3.63) is 35.4 Å². The van der Waals surface area contributed by atoms with Crippen molar-refractivity contribution in [1.29, 1.82) is 0 Å². The van der Waals surface area contributed by atoms with Gasteiger partial charge in [-0.3, -0.25) is 4.90 Å². The predicted molar refractivity (Wildman–Crippen MR) is 91.5 cm³/mol. The lowest BCUT2D eigenvalue weighted by molar-refractivity contribution is -0.0184. The second-order valence-electron chi connectivity index (χ2n) is 7.53. The van der Waals surface area contributed by atoms with E-state index in [1.807, 2.05) is 31.2 Å². The number of aryl methyl sites for hydroxylation is 1. The Morgan fingerprint density at radius 2 is 2.12 bits per heavy atom. The van der Waals surface area contributed by atoms with Crippen LogP contribution >= 0.6 is 0 Å².